The van der Waals surface area contributed by atoms with E-state index in [1.54, 1.807) is 26.0 Å². The Bertz CT molecular complexity index is 241. The summed E-state index contributed by atoms with van der Waals surface area (Å²) in [5.74, 6) is 0. The van der Waals surface area contributed by atoms with Crippen molar-refractivity contribution >= 4 is 16.8 Å². The number of halogens is 2. The van der Waals surface area contributed by atoms with Gasteiger partial charge in [-0.15, -0.1) is 0 Å². The van der Waals surface area contributed by atoms with Crippen molar-refractivity contribution in [1.82, 2.24) is 0 Å². The average molecular weight is 204 g/mol. The fraction of sp³-hybridized carbons (Fsp3) is 0.500. The molecule has 0 radical (unpaired) electrons. The van der Waals surface area contributed by atoms with Crippen LogP contribution >= 0.6 is 11.6 Å². The van der Waals surface area contributed by atoms with Crippen molar-refractivity contribution in [2.75, 3.05) is 0 Å². The Kier molecular flexibility index (Phi) is 4.92. The van der Waals surface area contributed by atoms with Gasteiger partial charge in [0.25, 0.3) is 0 Å². The first kappa shape index (κ1) is 12.4. The molecule has 0 heterocycles. The SMILES string of the molecule is C/C=C(\C=C/C(=N)Cl)C(C)(F)CC. The van der Waals surface area contributed by atoms with Gasteiger partial charge in [0.2, 0.25) is 0 Å². The van der Waals surface area contributed by atoms with Crippen LogP contribution in [-0.4, -0.2) is 10.8 Å². The highest BCUT2D eigenvalue weighted by molar-refractivity contribution is 6.67. The second-order valence-electron chi connectivity index (χ2n) is 2.98. The molecule has 0 aliphatic carbocycles. The molecule has 0 aromatic carbocycles. The molecule has 3 heteroatoms. The highest BCUT2D eigenvalue weighted by atomic mass is 35.5. The van der Waals surface area contributed by atoms with Gasteiger partial charge < -0.3 is 0 Å². The standard InChI is InChI=1S/C10H15ClFN/c1-4-8(6-7-9(11)13)10(3,12)5-2/h4,6-7,13H,5H2,1-3H3/b7-6-,8-4+,13-9?. The Morgan fingerprint density at radius 1 is 1.54 bits per heavy atom. The van der Waals surface area contributed by atoms with Crippen molar-refractivity contribution in [3.05, 3.63) is 23.8 Å². The third kappa shape index (κ3) is 4.23. The first-order chi connectivity index (χ1) is 5.94. The summed E-state index contributed by atoms with van der Waals surface area (Å²) in [4.78, 5) is 0. The molecule has 1 nitrogen and oxygen atoms in total. The van der Waals surface area contributed by atoms with Crippen LogP contribution in [0, 0.1) is 5.41 Å². The Labute approximate surface area is 83.8 Å². The average Bonchev–Trinajstić information content (AvgIpc) is 2.04. The molecule has 13 heavy (non-hydrogen) atoms. The molecule has 0 spiro atoms. The number of alkyl halides is 1. The Morgan fingerprint density at radius 2 is 2.08 bits per heavy atom. The van der Waals surface area contributed by atoms with Crippen LogP contribution in [0.15, 0.2) is 23.8 Å². The van der Waals surface area contributed by atoms with Gasteiger partial charge in [-0.05, 0) is 31.9 Å². The zero-order valence-corrected chi connectivity index (χ0v) is 8.95. The lowest BCUT2D eigenvalue weighted by molar-refractivity contribution is 0.237. The second-order valence-corrected chi connectivity index (χ2v) is 3.38. The lowest BCUT2D eigenvalue weighted by atomic mass is 9.94. The quantitative estimate of drug-likeness (QED) is 0.530. The monoisotopic (exact) mass is 203 g/mol. The first-order valence-corrected chi connectivity index (χ1v) is 4.59. The lowest BCUT2D eigenvalue weighted by Gasteiger charge is -2.19. The second kappa shape index (κ2) is 5.18. The van der Waals surface area contributed by atoms with Crippen LogP contribution in [0.4, 0.5) is 4.39 Å². The maximum atomic E-state index is 13.7. The molecule has 0 aromatic rings. The number of hydrogen-bond acceptors (Lipinski definition) is 1. The largest absolute Gasteiger partial charge is 0.289 e. The van der Waals surface area contributed by atoms with Crippen LogP contribution in [0.3, 0.4) is 0 Å². The van der Waals surface area contributed by atoms with E-state index in [9.17, 15) is 4.39 Å². The molecule has 0 amide bonds. The summed E-state index contributed by atoms with van der Waals surface area (Å²) >= 11 is 5.32. The van der Waals surface area contributed by atoms with Crippen LogP contribution in [0.2, 0.25) is 0 Å². The maximum Gasteiger partial charge on any atom is 0.132 e. The molecule has 0 fully saturated rings. The molecule has 74 valence electrons. The van der Waals surface area contributed by atoms with Gasteiger partial charge in [-0.1, -0.05) is 30.7 Å². The Hall–Kier alpha value is -0.630. The van der Waals surface area contributed by atoms with Gasteiger partial charge in [0.05, 0.1) is 0 Å². The molecular formula is C10H15ClFN. The van der Waals surface area contributed by atoms with E-state index in [2.05, 4.69) is 0 Å². The molecule has 0 aromatic heterocycles. The predicted molar refractivity (Wildman–Crippen MR) is 56.3 cm³/mol. The fourth-order valence-electron chi connectivity index (χ4n) is 0.938. The van der Waals surface area contributed by atoms with Crippen molar-refractivity contribution in [3.8, 4) is 0 Å². The van der Waals surface area contributed by atoms with E-state index in [0.29, 0.717) is 12.0 Å². The van der Waals surface area contributed by atoms with Crippen molar-refractivity contribution in [3.63, 3.8) is 0 Å². The lowest BCUT2D eigenvalue weighted by Crippen LogP contribution is -2.18. The first-order valence-electron chi connectivity index (χ1n) is 4.22. The van der Waals surface area contributed by atoms with Crippen LogP contribution in [0.25, 0.3) is 0 Å². The van der Waals surface area contributed by atoms with Gasteiger partial charge >= 0.3 is 0 Å². The number of hydrogen-bond donors (Lipinski definition) is 1. The summed E-state index contributed by atoms with van der Waals surface area (Å²) in [6.45, 7) is 5.07. The van der Waals surface area contributed by atoms with Crippen LogP contribution in [0.5, 0.6) is 0 Å². The van der Waals surface area contributed by atoms with Crippen molar-refractivity contribution in [1.29, 1.82) is 5.41 Å². The fourth-order valence-corrected chi connectivity index (χ4v) is 1.00. The summed E-state index contributed by atoms with van der Waals surface area (Å²) in [7, 11) is 0. The highest BCUT2D eigenvalue weighted by Gasteiger charge is 2.23. The van der Waals surface area contributed by atoms with Gasteiger partial charge in [0.1, 0.15) is 10.8 Å². The molecule has 0 aliphatic rings. The van der Waals surface area contributed by atoms with Crippen molar-refractivity contribution in [2.45, 2.75) is 32.9 Å². The summed E-state index contributed by atoms with van der Waals surface area (Å²) in [5.41, 5.74) is -0.780. The van der Waals surface area contributed by atoms with Crippen molar-refractivity contribution < 1.29 is 4.39 Å². The van der Waals surface area contributed by atoms with E-state index in [4.69, 9.17) is 17.0 Å². The zero-order valence-electron chi connectivity index (χ0n) is 8.20. The molecule has 1 unspecified atom stereocenters. The molecule has 0 bridgehead atoms. The van der Waals surface area contributed by atoms with E-state index >= 15 is 0 Å². The van der Waals surface area contributed by atoms with Crippen LogP contribution in [-0.2, 0) is 0 Å². The molecule has 1 N–H and O–H groups in total. The Morgan fingerprint density at radius 3 is 2.38 bits per heavy atom. The maximum absolute atomic E-state index is 13.7. The molecule has 0 saturated carbocycles. The third-order valence-corrected chi connectivity index (χ3v) is 2.11. The topological polar surface area (TPSA) is 23.9 Å². The molecule has 0 saturated heterocycles. The number of allylic oxidation sites excluding steroid dienone is 4. The normalized spacial score (nSPS) is 17.5. The van der Waals surface area contributed by atoms with Crippen LogP contribution in [0.1, 0.15) is 27.2 Å². The number of rotatable bonds is 4. The van der Waals surface area contributed by atoms with E-state index in [0.717, 1.165) is 0 Å². The summed E-state index contributed by atoms with van der Waals surface area (Å²) in [6.07, 6.45) is 5.02. The molecule has 0 aliphatic heterocycles. The Balaban J connectivity index is 4.65. The van der Waals surface area contributed by atoms with Crippen molar-refractivity contribution in [2.24, 2.45) is 0 Å². The zero-order chi connectivity index (χ0) is 10.5. The summed E-state index contributed by atoms with van der Waals surface area (Å²) in [5, 5.41) is 6.86. The van der Waals surface area contributed by atoms with Gasteiger partial charge in [-0.25, -0.2) is 4.39 Å². The van der Waals surface area contributed by atoms with Gasteiger partial charge in [-0.2, -0.15) is 0 Å². The third-order valence-electron chi connectivity index (χ3n) is 1.99. The minimum absolute atomic E-state index is 0.0914. The predicted octanol–water partition coefficient (Wildman–Crippen LogP) is 3.84. The summed E-state index contributed by atoms with van der Waals surface area (Å²) < 4.78 is 13.7. The summed E-state index contributed by atoms with van der Waals surface area (Å²) in [6, 6.07) is 0. The van der Waals surface area contributed by atoms with E-state index < -0.39 is 5.67 Å². The van der Waals surface area contributed by atoms with Gasteiger partial charge in [0.15, 0.2) is 0 Å². The molecule has 0 rings (SSSR count). The van der Waals surface area contributed by atoms with E-state index in [1.807, 2.05) is 0 Å². The number of nitrogens with one attached hydrogen (secondary N) is 1. The minimum atomic E-state index is -1.34. The highest BCUT2D eigenvalue weighted by Crippen LogP contribution is 2.26. The van der Waals surface area contributed by atoms with Gasteiger partial charge in [0, 0.05) is 0 Å². The minimum Gasteiger partial charge on any atom is -0.289 e. The molecule has 1 atom stereocenters. The molecular weight excluding hydrogens is 189 g/mol. The smallest absolute Gasteiger partial charge is 0.132 e. The van der Waals surface area contributed by atoms with E-state index in [-0.39, 0.29) is 5.17 Å². The van der Waals surface area contributed by atoms with Crippen LogP contribution < -0.4 is 0 Å². The van der Waals surface area contributed by atoms with Gasteiger partial charge in [-0.3, -0.25) is 5.41 Å². The van der Waals surface area contributed by atoms with E-state index in [1.165, 1.54) is 13.0 Å².